The van der Waals surface area contributed by atoms with E-state index < -0.39 is 0 Å². The molecule has 2 N–H and O–H groups in total. The molecule has 0 radical (unpaired) electrons. The van der Waals surface area contributed by atoms with Crippen LogP contribution >= 0.6 is 24.0 Å². The van der Waals surface area contributed by atoms with E-state index in [-0.39, 0.29) is 24.0 Å². The number of ether oxygens (including phenoxy) is 3. The van der Waals surface area contributed by atoms with E-state index in [0.29, 0.717) is 38.2 Å². The summed E-state index contributed by atoms with van der Waals surface area (Å²) in [6.07, 6.45) is 2.63. The van der Waals surface area contributed by atoms with E-state index in [1.54, 1.807) is 13.2 Å². The fourth-order valence-corrected chi connectivity index (χ4v) is 3.11. The van der Waals surface area contributed by atoms with Gasteiger partial charge in [-0.1, -0.05) is 30.3 Å². The molecule has 0 saturated heterocycles. The molecule has 0 atom stereocenters. The zero-order valence-electron chi connectivity index (χ0n) is 17.9. The van der Waals surface area contributed by atoms with Crippen LogP contribution in [0.25, 0.3) is 0 Å². The molecule has 2 heterocycles. The summed E-state index contributed by atoms with van der Waals surface area (Å²) in [7, 11) is 1.74. The molecule has 0 aliphatic carbocycles. The van der Waals surface area contributed by atoms with E-state index in [0.717, 1.165) is 34.7 Å². The minimum absolute atomic E-state index is 0. The number of guanidine groups is 1. The van der Waals surface area contributed by atoms with Crippen molar-refractivity contribution in [2.75, 3.05) is 25.6 Å². The molecule has 0 bridgehead atoms. The maximum absolute atomic E-state index is 5.81. The van der Waals surface area contributed by atoms with Gasteiger partial charge in [0.2, 0.25) is 5.88 Å². The summed E-state index contributed by atoms with van der Waals surface area (Å²) in [6.45, 7) is 2.39. The van der Waals surface area contributed by atoms with Crippen LogP contribution in [0.1, 0.15) is 17.5 Å². The van der Waals surface area contributed by atoms with Gasteiger partial charge in [-0.25, -0.2) is 4.98 Å². The highest BCUT2D eigenvalue weighted by atomic mass is 127. The number of benzene rings is 2. The largest absolute Gasteiger partial charge is 0.490 e. The molecule has 168 valence electrons. The van der Waals surface area contributed by atoms with Gasteiger partial charge >= 0.3 is 0 Å². The summed E-state index contributed by atoms with van der Waals surface area (Å²) in [5.74, 6) is 2.75. The molecule has 4 rings (SSSR count). The van der Waals surface area contributed by atoms with Crippen LogP contribution in [0.2, 0.25) is 0 Å². The van der Waals surface area contributed by atoms with Gasteiger partial charge in [0.15, 0.2) is 17.5 Å². The SMILES string of the molecule is CN=C(NCc1ccnc(OCc2ccccc2)c1)Nc1ccc2c(c1)OCCCO2.I. The number of anilines is 1. The van der Waals surface area contributed by atoms with Crippen LogP contribution < -0.4 is 24.8 Å². The molecule has 2 aromatic carbocycles. The van der Waals surface area contributed by atoms with Gasteiger partial charge in [0.25, 0.3) is 0 Å². The number of aromatic nitrogens is 1. The van der Waals surface area contributed by atoms with Crippen molar-refractivity contribution in [2.24, 2.45) is 4.99 Å². The van der Waals surface area contributed by atoms with Crippen molar-refractivity contribution in [2.45, 2.75) is 19.6 Å². The first-order valence-corrected chi connectivity index (χ1v) is 10.3. The first-order valence-electron chi connectivity index (χ1n) is 10.3. The Labute approximate surface area is 205 Å². The Morgan fingerprint density at radius 2 is 1.81 bits per heavy atom. The molecular weight excluding hydrogens is 519 g/mol. The lowest BCUT2D eigenvalue weighted by atomic mass is 10.2. The zero-order chi connectivity index (χ0) is 21.3. The Morgan fingerprint density at radius 3 is 2.62 bits per heavy atom. The van der Waals surface area contributed by atoms with Crippen molar-refractivity contribution < 1.29 is 14.2 Å². The molecule has 1 aliphatic heterocycles. The molecule has 0 fully saturated rings. The fourth-order valence-electron chi connectivity index (χ4n) is 3.11. The van der Waals surface area contributed by atoms with Crippen LogP contribution in [-0.4, -0.2) is 31.2 Å². The van der Waals surface area contributed by atoms with E-state index in [1.165, 1.54) is 0 Å². The molecule has 0 spiro atoms. The number of fused-ring (bicyclic) bond motifs is 1. The van der Waals surface area contributed by atoms with Crippen LogP contribution in [0.3, 0.4) is 0 Å². The lowest BCUT2D eigenvalue weighted by Crippen LogP contribution is -2.30. The van der Waals surface area contributed by atoms with Crippen molar-refractivity contribution in [3.8, 4) is 17.4 Å². The van der Waals surface area contributed by atoms with Crippen molar-refractivity contribution in [3.63, 3.8) is 0 Å². The van der Waals surface area contributed by atoms with Crippen molar-refractivity contribution in [1.82, 2.24) is 10.3 Å². The normalized spacial score (nSPS) is 12.8. The van der Waals surface area contributed by atoms with Gasteiger partial charge in [0.1, 0.15) is 6.61 Å². The zero-order valence-corrected chi connectivity index (χ0v) is 20.2. The molecule has 0 unspecified atom stereocenters. The summed E-state index contributed by atoms with van der Waals surface area (Å²) < 4.78 is 17.3. The van der Waals surface area contributed by atoms with Gasteiger partial charge < -0.3 is 24.8 Å². The van der Waals surface area contributed by atoms with E-state index in [1.807, 2.05) is 60.7 Å². The van der Waals surface area contributed by atoms with Crippen LogP contribution in [0.4, 0.5) is 5.69 Å². The standard InChI is InChI=1S/C24H26N4O3.HI/c1-25-24(28-20-8-9-21-22(15-20)30-13-5-12-29-21)27-16-19-10-11-26-23(14-19)31-17-18-6-3-2-4-7-18;/h2-4,6-11,14-15H,5,12-13,16-17H2,1H3,(H2,25,27,28);1H. The average Bonchev–Trinajstić information content (AvgIpc) is 3.06. The minimum Gasteiger partial charge on any atom is -0.490 e. The number of pyridine rings is 1. The Kier molecular flexibility index (Phi) is 8.97. The number of aliphatic imine (C=N–C) groups is 1. The second kappa shape index (κ2) is 12.1. The number of hydrogen-bond acceptors (Lipinski definition) is 5. The van der Waals surface area contributed by atoms with Crippen LogP contribution in [0.5, 0.6) is 17.4 Å². The Bertz CT molecular complexity index is 1030. The van der Waals surface area contributed by atoms with E-state index >= 15 is 0 Å². The number of nitrogens with zero attached hydrogens (tertiary/aromatic N) is 2. The number of nitrogens with one attached hydrogen (secondary N) is 2. The van der Waals surface area contributed by atoms with E-state index in [9.17, 15) is 0 Å². The van der Waals surface area contributed by atoms with Crippen LogP contribution in [0, 0.1) is 0 Å². The highest BCUT2D eigenvalue weighted by molar-refractivity contribution is 14.0. The predicted molar refractivity (Wildman–Crippen MR) is 136 cm³/mol. The maximum Gasteiger partial charge on any atom is 0.213 e. The van der Waals surface area contributed by atoms with E-state index in [2.05, 4.69) is 20.6 Å². The first-order chi connectivity index (χ1) is 15.3. The molecule has 32 heavy (non-hydrogen) atoms. The molecule has 0 saturated carbocycles. The summed E-state index contributed by atoms with van der Waals surface area (Å²) in [4.78, 5) is 8.60. The fraction of sp³-hybridized carbons (Fsp3) is 0.250. The van der Waals surface area contributed by atoms with Crippen molar-refractivity contribution in [3.05, 3.63) is 78.0 Å². The van der Waals surface area contributed by atoms with Gasteiger partial charge in [-0.15, -0.1) is 24.0 Å². The van der Waals surface area contributed by atoms with Gasteiger partial charge in [-0.3, -0.25) is 4.99 Å². The quantitative estimate of drug-likeness (QED) is 0.267. The smallest absolute Gasteiger partial charge is 0.213 e. The monoisotopic (exact) mass is 546 g/mol. The van der Waals surface area contributed by atoms with E-state index in [4.69, 9.17) is 14.2 Å². The number of hydrogen-bond donors (Lipinski definition) is 2. The number of rotatable bonds is 6. The topological polar surface area (TPSA) is 77.0 Å². The molecule has 1 aromatic heterocycles. The second-order valence-corrected chi connectivity index (χ2v) is 7.04. The third-order valence-electron chi connectivity index (χ3n) is 4.72. The van der Waals surface area contributed by atoms with Gasteiger partial charge in [0.05, 0.1) is 13.2 Å². The maximum atomic E-state index is 5.81. The van der Waals surface area contributed by atoms with Gasteiger partial charge in [0, 0.05) is 44.0 Å². The number of halogens is 1. The molecule has 1 aliphatic rings. The third-order valence-corrected chi connectivity index (χ3v) is 4.72. The summed E-state index contributed by atoms with van der Waals surface area (Å²) in [5.41, 5.74) is 3.02. The average molecular weight is 546 g/mol. The second-order valence-electron chi connectivity index (χ2n) is 7.04. The third kappa shape index (κ3) is 6.74. The Balaban J connectivity index is 0.00000289. The highest BCUT2D eigenvalue weighted by Crippen LogP contribution is 2.32. The Morgan fingerprint density at radius 1 is 1.00 bits per heavy atom. The molecule has 0 amide bonds. The van der Waals surface area contributed by atoms with Crippen molar-refractivity contribution >= 4 is 35.6 Å². The van der Waals surface area contributed by atoms with Crippen LogP contribution in [0.15, 0.2) is 71.9 Å². The van der Waals surface area contributed by atoms with Crippen LogP contribution in [-0.2, 0) is 13.2 Å². The summed E-state index contributed by atoms with van der Waals surface area (Å²) in [5, 5.41) is 6.60. The summed E-state index contributed by atoms with van der Waals surface area (Å²) in [6, 6.07) is 19.7. The summed E-state index contributed by atoms with van der Waals surface area (Å²) >= 11 is 0. The van der Waals surface area contributed by atoms with Gasteiger partial charge in [-0.05, 0) is 29.3 Å². The first kappa shape index (κ1) is 23.6. The highest BCUT2D eigenvalue weighted by Gasteiger charge is 2.11. The van der Waals surface area contributed by atoms with Gasteiger partial charge in [-0.2, -0.15) is 0 Å². The van der Waals surface area contributed by atoms with Crippen molar-refractivity contribution in [1.29, 1.82) is 0 Å². The molecule has 3 aromatic rings. The minimum atomic E-state index is 0. The molecular formula is C24H27IN4O3. The lowest BCUT2D eigenvalue weighted by molar-refractivity contribution is 0.293. The molecule has 7 nitrogen and oxygen atoms in total. The Hall–Kier alpha value is -3.01. The predicted octanol–water partition coefficient (Wildman–Crippen LogP) is 4.63. The molecule has 8 heteroatoms. The lowest BCUT2D eigenvalue weighted by Gasteiger charge is -2.14.